The number of hydrogen-bond acceptors (Lipinski definition) is 6. The molecule has 0 bridgehead atoms. The number of pyridine rings is 1. The third-order valence-electron chi connectivity index (χ3n) is 6.72. The number of nitrogens with zero attached hydrogens (tertiary/aromatic N) is 2. The molecule has 1 unspecified atom stereocenters. The van der Waals surface area contributed by atoms with Gasteiger partial charge in [-0.3, -0.25) is 4.79 Å². The molecule has 2 aliphatic heterocycles. The van der Waals surface area contributed by atoms with E-state index in [9.17, 15) is 9.90 Å². The molecule has 1 fully saturated rings. The van der Waals surface area contributed by atoms with E-state index in [2.05, 4.69) is 15.3 Å². The van der Waals surface area contributed by atoms with Crippen molar-refractivity contribution in [2.75, 3.05) is 23.4 Å². The monoisotopic (exact) mass is 490 g/mol. The fraction of sp³-hybridized carbons (Fsp3) is 0.231. The fourth-order valence-electron chi connectivity index (χ4n) is 4.98. The summed E-state index contributed by atoms with van der Waals surface area (Å²) in [5, 5.41) is 16.0. The molecule has 0 radical (unpaired) electrons. The molecule has 9 heteroatoms. The summed E-state index contributed by atoms with van der Waals surface area (Å²) in [4.78, 5) is 22.8. The van der Waals surface area contributed by atoms with Crippen LogP contribution >= 0.6 is 11.6 Å². The molecular formula is C26H23ClN4O4. The number of aromatic amines is 1. The Morgan fingerprint density at radius 3 is 2.69 bits per heavy atom. The van der Waals surface area contributed by atoms with Gasteiger partial charge in [0.2, 0.25) is 0 Å². The smallest absolute Gasteiger partial charge is 0.250 e. The molecule has 1 saturated heterocycles. The predicted molar refractivity (Wildman–Crippen MR) is 133 cm³/mol. The van der Waals surface area contributed by atoms with E-state index in [-0.39, 0.29) is 5.91 Å². The number of fused-ring (bicyclic) bond motifs is 3. The van der Waals surface area contributed by atoms with Crippen LogP contribution in [0.1, 0.15) is 24.6 Å². The number of H-pyrrole nitrogens is 1. The van der Waals surface area contributed by atoms with Gasteiger partial charge in [0.25, 0.3) is 5.91 Å². The first-order valence-electron chi connectivity index (χ1n) is 11.4. The third kappa shape index (κ3) is 3.61. The number of aliphatic hydroxyl groups excluding tert-OH is 1. The minimum absolute atomic E-state index is 0.191. The highest BCUT2D eigenvalue weighted by Crippen LogP contribution is 2.49. The summed E-state index contributed by atoms with van der Waals surface area (Å²) in [5.74, 6) is 1.04. The van der Waals surface area contributed by atoms with Gasteiger partial charge in [-0.15, -0.1) is 0 Å². The van der Waals surface area contributed by atoms with Gasteiger partial charge in [-0.05, 0) is 36.4 Å². The van der Waals surface area contributed by atoms with Crippen molar-refractivity contribution in [3.8, 4) is 11.5 Å². The first kappa shape index (κ1) is 21.9. The van der Waals surface area contributed by atoms with Gasteiger partial charge in [0, 0.05) is 43.2 Å². The van der Waals surface area contributed by atoms with Gasteiger partial charge in [0.05, 0.1) is 22.6 Å². The van der Waals surface area contributed by atoms with Crippen LogP contribution in [-0.4, -0.2) is 39.7 Å². The maximum atomic E-state index is 13.5. The second-order valence-corrected chi connectivity index (χ2v) is 9.11. The van der Waals surface area contributed by atoms with Crippen LogP contribution in [0.4, 0.5) is 11.4 Å². The van der Waals surface area contributed by atoms with Gasteiger partial charge in [0.1, 0.15) is 22.7 Å². The van der Waals surface area contributed by atoms with Crippen LogP contribution in [0.5, 0.6) is 11.5 Å². The summed E-state index contributed by atoms with van der Waals surface area (Å²) in [6.07, 6.45) is 3.05. The zero-order chi connectivity index (χ0) is 24.0. The average Bonchev–Trinajstić information content (AvgIpc) is 3.35. The lowest BCUT2D eigenvalue weighted by atomic mass is 9.83. The minimum atomic E-state index is -1.20. The van der Waals surface area contributed by atoms with Crippen molar-refractivity contribution < 1.29 is 19.4 Å². The second kappa shape index (κ2) is 8.57. The normalized spacial score (nSPS) is 17.8. The number of amides is 1. The number of para-hydroxylation sites is 1. The van der Waals surface area contributed by atoms with Gasteiger partial charge in [-0.25, -0.2) is 4.98 Å². The molecule has 0 saturated carbocycles. The largest absolute Gasteiger partial charge is 0.457 e. The number of hydrogen-bond donors (Lipinski definition) is 3. The molecule has 35 heavy (non-hydrogen) atoms. The third-order valence-corrected chi connectivity index (χ3v) is 7.05. The zero-order valence-corrected chi connectivity index (χ0v) is 19.5. The zero-order valence-electron chi connectivity index (χ0n) is 18.7. The molecule has 4 aromatic rings. The first-order chi connectivity index (χ1) is 17.1. The molecule has 8 nitrogen and oxygen atoms in total. The number of carbonyl (C=O) groups is 1. The van der Waals surface area contributed by atoms with Crippen molar-refractivity contribution in [1.82, 2.24) is 9.97 Å². The van der Waals surface area contributed by atoms with Crippen LogP contribution < -0.4 is 15.0 Å². The van der Waals surface area contributed by atoms with E-state index < -0.39 is 11.8 Å². The number of carbonyl (C=O) groups excluding carboxylic acids is 1. The van der Waals surface area contributed by atoms with Crippen molar-refractivity contribution in [2.45, 2.75) is 24.6 Å². The van der Waals surface area contributed by atoms with Gasteiger partial charge in [-0.1, -0.05) is 29.8 Å². The molecule has 1 spiro atoms. The summed E-state index contributed by atoms with van der Waals surface area (Å²) < 4.78 is 11.5. The molecule has 2 aliphatic rings. The molecule has 2 aromatic carbocycles. The van der Waals surface area contributed by atoms with Crippen LogP contribution in [0, 0.1) is 0 Å². The lowest BCUT2D eigenvalue weighted by Gasteiger charge is -2.51. The topological polar surface area (TPSA) is 99.7 Å². The van der Waals surface area contributed by atoms with Crippen LogP contribution in [0.25, 0.3) is 11.0 Å². The van der Waals surface area contributed by atoms with E-state index in [0.29, 0.717) is 65.2 Å². The molecule has 6 rings (SSSR count). The minimum Gasteiger partial charge on any atom is -0.457 e. The SMILES string of the molecule is O=C1Nc2cnc3[nH]ccc3c2N(C(O)c2ccc(Oc3ccccc3)cc2Cl)C12CCOCC2. The lowest BCUT2D eigenvalue weighted by Crippen LogP contribution is -2.63. The van der Waals surface area contributed by atoms with Crippen molar-refractivity contribution in [2.24, 2.45) is 0 Å². The van der Waals surface area contributed by atoms with Crippen LogP contribution in [-0.2, 0) is 9.53 Å². The molecule has 1 atom stereocenters. The van der Waals surface area contributed by atoms with Gasteiger partial charge in [-0.2, -0.15) is 0 Å². The Kier molecular flexibility index (Phi) is 5.36. The molecule has 4 heterocycles. The van der Waals surface area contributed by atoms with Crippen LogP contribution in [0.15, 0.2) is 67.0 Å². The molecule has 0 aliphatic carbocycles. The number of aliphatic hydroxyl groups is 1. The van der Waals surface area contributed by atoms with Crippen molar-refractivity contribution in [3.05, 3.63) is 77.6 Å². The number of halogens is 1. The second-order valence-electron chi connectivity index (χ2n) is 8.70. The highest BCUT2D eigenvalue weighted by Gasteiger charge is 2.52. The number of anilines is 2. The summed E-state index contributed by atoms with van der Waals surface area (Å²) in [5.41, 5.74) is 1.37. The summed E-state index contributed by atoms with van der Waals surface area (Å²) in [6.45, 7) is 0.815. The number of benzene rings is 2. The summed E-state index contributed by atoms with van der Waals surface area (Å²) in [7, 11) is 0. The van der Waals surface area contributed by atoms with E-state index in [1.165, 1.54) is 0 Å². The Balaban J connectivity index is 1.45. The van der Waals surface area contributed by atoms with Crippen molar-refractivity contribution in [3.63, 3.8) is 0 Å². The highest BCUT2D eigenvalue weighted by atomic mass is 35.5. The van der Waals surface area contributed by atoms with E-state index in [0.717, 1.165) is 5.39 Å². The lowest BCUT2D eigenvalue weighted by molar-refractivity contribution is -0.126. The van der Waals surface area contributed by atoms with Gasteiger partial charge < -0.3 is 29.8 Å². The summed E-state index contributed by atoms with van der Waals surface area (Å²) >= 11 is 6.69. The Bertz CT molecular complexity index is 1400. The highest BCUT2D eigenvalue weighted by molar-refractivity contribution is 6.31. The molecule has 178 valence electrons. The number of ether oxygens (including phenoxy) is 2. The van der Waals surface area contributed by atoms with E-state index in [1.54, 1.807) is 35.5 Å². The number of nitrogens with one attached hydrogen (secondary N) is 2. The van der Waals surface area contributed by atoms with E-state index in [4.69, 9.17) is 21.1 Å². The van der Waals surface area contributed by atoms with Crippen molar-refractivity contribution in [1.29, 1.82) is 0 Å². The van der Waals surface area contributed by atoms with E-state index >= 15 is 0 Å². The Labute approximate surface area is 206 Å². The van der Waals surface area contributed by atoms with Crippen LogP contribution in [0.3, 0.4) is 0 Å². The maximum absolute atomic E-state index is 13.5. The average molecular weight is 491 g/mol. The molecular weight excluding hydrogens is 468 g/mol. The van der Waals surface area contributed by atoms with Crippen molar-refractivity contribution >= 4 is 39.9 Å². The number of rotatable bonds is 4. The van der Waals surface area contributed by atoms with Gasteiger partial charge >= 0.3 is 0 Å². The fourth-order valence-corrected chi connectivity index (χ4v) is 5.25. The maximum Gasteiger partial charge on any atom is 0.250 e. The van der Waals surface area contributed by atoms with Crippen LogP contribution in [0.2, 0.25) is 5.02 Å². The number of aromatic nitrogens is 2. The Hall–Kier alpha value is -3.59. The Morgan fingerprint density at radius 1 is 1.11 bits per heavy atom. The quantitative estimate of drug-likeness (QED) is 0.372. The van der Waals surface area contributed by atoms with Gasteiger partial charge in [0.15, 0.2) is 6.23 Å². The van der Waals surface area contributed by atoms with E-state index in [1.807, 2.05) is 36.4 Å². The standard InChI is InChI=1S/C26H23ClN4O4/c27-20-14-17(35-16-4-2-1-3-5-16)6-7-18(20)24(32)31-22-19-8-11-28-23(19)29-15-21(22)30-25(33)26(31)9-12-34-13-10-26/h1-8,11,14-15,24,32H,9-10,12-13H2,(H,28,29)(H,30,33). The first-order valence-corrected chi connectivity index (χ1v) is 11.8. The molecule has 2 aromatic heterocycles. The Morgan fingerprint density at radius 2 is 1.91 bits per heavy atom. The molecule has 3 N–H and O–H groups in total. The predicted octanol–water partition coefficient (Wildman–Crippen LogP) is 5.01. The summed E-state index contributed by atoms with van der Waals surface area (Å²) in [6, 6.07) is 16.5. The molecule has 1 amide bonds.